The lowest BCUT2D eigenvalue weighted by atomic mass is 10.0. The summed E-state index contributed by atoms with van der Waals surface area (Å²) in [5.74, 6) is -0.150. The van der Waals surface area contributed by atoms with E-state index in [0.29, 0.717) is 5.75 Å². The summed E-state index contributed by atoms with van der Waals surface area (Å²) in [5, 5.41) is 0. The zero-order valence-electron chi connectivity index (χ0n) is 8.60. The topological polar surface area (TPSA) is 44.8 Å². The van der Waals surface area contributed by atoms with Crippen LogP contribution in [0.4, 0.5) is 0 Å². The van der Waals surface area contributed by atoms with Crippen molar-refractivity contribution in [2.75, 3.05) is 14.2 Å². The Labute approximate surface area is 87.8 Å². The number of hydrogen-bond acceptors (Lipinski definition) is 4. The molecule has 4 nitrogen and oxygen atoms in total. The largest absolute Gasteiger partial charge is 0.468 e. The highest BCUT2D eigenvalue weighted by Crippen LogP contribution is 2.38. The van der Waals surface area contributed by atoms with Gasteiger partial charge in [-0.15, -0.1) is 0 Å². The molecule has 0 aromatic heterocycles. The first-order chi connectivity index (χ1) is 7.27. The van der Waals surface area contributed by atoms with E-state index in [9.17, 15) is 4.79 Å². The van der Waals surface area contributed by atoms with Crippen molar-refractivity contribution in [1.82, 2.24) is 0 Å². The number of ether oxygens (including phenoxy) is 3. The summed E-state index contributed by atoms with van der Waals surface area (Å²) in [4.78, 5) is 11.6. The quantitative estimate of drug-likeness (QED) is 0.687. The number of carbonyl (C=O) groups excluding carboxylic acids is 1. The third-order valence-corrected chi connectivity index (χ3v) is 2.46. The van der Waals surface area contributed by atoms with E-state index in [4.69, 9.17) is 14.2 Å². The fourth-order valence-corrected chi connectivity index (χ4v) is 1.73. The van der Waals surface area contributed by atoms with Crippen LogP contribution in [0.15, 0.2) is 24.3 Å². The van der Waals surface area contributed by atoms with Gasteiger partial charge in [-0.25, -0.2) is 0 Å². The summed E-state index contributed by atoms with van der Waals surface area (Å²) >= 11 is 0. The molecule has 80 valence electrons. The van der Waals surface area contributed by atoms with Crippen LogP contribution in [0.2, 0.25) is 0 Å². The highest BCUT2D eigenvalue weighted by Gasteiger charge is 2.40. The van der Waals surface area contributed by atoms with E-state index in [1.807, 2.05) is 24.3 Å². The minimum atomic E-state index is -0.588. The predicted octanol–water partition coefficient (Wildman–Crippen LogP) is 1.31. The molecule has 0 saturated heterocycles. The molecule has 0 aliphatic carbocycles. The first-order valence-corrected chi connectivity index (χ1v) is 4.64. The zero-order valence-corrected chi connectivity index (χ0v) is 8.60. The molecule has 0 amide bonds. The van der Waals surface area contributed by atoms with Crippen molar-refractivity contribution in [2.24, 2.45) is 0 Å². The van der Waals surface area contributed by atoms with Crippen molar-refractivity contribution in [3.05, 3.63) is 29.8 Å². The molecular formula is C11H12O4. The average Bonchev–Trinajstić information content (AvgIpc) is 2.66. The van der Waals surface area contributed by atoms with Gasteiger partial charge in [0.1, 0.15) is 11.7 Å². The fourth-order valence-electron chi connectivity index (χ4n) is 1.73. The SMILES string of the molecule is COC(=O)[C@@H]1c2ccccc2O[C@H]1OC. The van der Waals surface area contributed by atoms with Gasteiger partial charge in [-0.1, -0.05) is 18.2 Å². The maximum atomic E-state index is 11.6. The number of fused-ring (bicyclic) bond motifs is 1. The second-order valence-corrected chi connectivity index (χ2v) is 3.26. The van der Waals surface area contributed by atoms with Crippen LogP contribution in [0, 0.1) is 0 Å². The van der Waals surface area contributed by atoms with Gasteiger partial charge < -0.3 is 14.2 Å². The summed E-state index contributed by atoms with van der Waals surface area (Å²) in [6, 6.07) is 7.36. The molecule has 0 bridgehead atoms. The molecule has 15 heavy (non-hydrogen) atoms. The summed E-state index contributed by atoms with van der Waals surface area (Å²) in [6.45, 7) is 0. The Balaban J connectivity index is 2.38. The molecule has 1 aliphatic rings. The smallest absolute Gasteiger partial charge is 0.319 e. The number of benzene rings is 1. The maximum absolute atomic E-state index is 11.6. The van der Waals surface area contributed by atoms with Crippen LogP contribution < -0.4 is 4.74 Å². The van der Waals surface area contributed by atoms with Crippen molar-refractivity contribution in [3.63, 3.8) is 0 Å². The molecule has 2 rings (SSSR count). The van der Waals surface area contributed by atoms with E-state index in [1.165, 1.54) is 14.2 Å². The zero-order chi connectivity index (χ0) is 10.8. The first kappa shape index (κ1) is 9.98. The van der Waals surface area contributed by atoms with Gasteiger partial charge in [0, 0.05) is 12.7 Å². The Morgan fingerprint density at radius 3 is 2.73 bits per heavy atom. The van der Waals surface area contributed by atoms with Gasteiger partial charge in [0.2, 0.25) is 6.29 Å². The average molecular weight is 208 g/mol. The van der Waals surface area contributed by atoms with Gasteiger partial charge in [-0.3, -0.25) is 4.79 Å². The Morgan fingerprint density at radius 2 is 2.07 bits per heavy atom. The van der Waals surface area contributed by atoms with Gasteiger partial charge >= 0.3 is 5.97 Å². The number of carbonyl (C=O) groups is 1. The van der Waals surface area contributed by atoms with Crippen LogP contribution in [-0.4, -0.2) is 26.5 Å². The lowest BCUT2D eigenvalue weighted by Gasteiger charge is -2.14. The van der Waals surface area contributed by atoms with E-state index in [-0.39, 0.29) is 5.97 Å². The molecule has 0 spiro atoms. The highest BCUT2D eigenvalue weighted by atomic mass is 16.7. The third kappa shape index (κ3) is 1.57. The predicted molar refractivity (Wildman–Crippen MR) is 52.6 cm³/mol. The summed E-state index contributed by atoms with van der Waals surface area (Å²) in [6.07, 6.45) is -0.588. The fraction of sp³-hybridized carbons (Fsp3) is 0.364. The molecule has 0 fully saturated rings. The summed E-state index contributed by atoms with van der Waals surface area (Å²) < 4.78 is 15.3. The summed E-state index contributed by atoms with van der Waals surface area (Å²) in [7, 11) is 2.86. The molecule has 0 unspecified atom stereocenters. The lowest BCUT2D eigenvalue weighted by molar-refractivity contribution is -0.151. The Bertz CT molecular complexity index is 375. The van der Waals surface area contributed by atoms with Gasteiger partial charge in [-0.2, -0.15) is 0 Å². The normalized spacial score (nSPS) is 23.1. The van der Waals surface area contributed by atoms with Crippen LogP contribution >= 0.6 is 0 Å². The van der Waals surface area contributed by atoms with Crippen molar-refractivity contribution < 1.29 is 19.0 Å². The first-order valence-electron chi connectivity index (χ1n) is 4.64. The maximum Gasteiger partial charge on any atom is 0.319 e. The molecule has 0 saturated carbocycles. The Hall–Kier alpha value is -1.55. The van der Waals surface area contributed by atoms with Crippen LogP contribution in [0.5, 0.6) is 5.75 Å². The van der Waals surface area contributed by atoms with Gasteiger partial charge in [0.05, 0.1) is 7.11 Å². The molecular weight excluding hydrogens is 196 g/mol. The highest BCUT2D eigenvalue weighted by molar-refractivity contribution is 5.80. The van der Waals surface area contributed by atoms with E-state index >= 15 is 0 Å². The monoisotopic (exact) mass is 208 g/mol. The van der Waals surface area contributed by atoms with Gasteiger partial charge in [-0.05, 0) is 6.07 Å². The molecule has 0 N–H and O–H groups in total. The van der Waals surface area contributed by atoms with Crippen molar-refractivity contribution >= 4 is 5.97 Å². The van der Waals surface area contributed by atoms with Crippen LogP contribution in [0.1, 0.15) is 11.5 Å². The second kappa shape index (κ2) is 3.90. The minimum Gasteiger partial charge on any atom is -0.468 e. The van der Waals surface area contributed by atoms with Gasteiger partial charge in [0.25, 0.3) is 0 Å². The molecule has 2 atom stereocenters. The van der Waals surface area contributed by atoms with Crippen molar-refractivity contribution in [3.8, 4) is 5.75 Å². The van der Waals surface area contributed by atoms with Crippen LogP contribution in [0.25, 0.3) is 0 Å². The molecule has 1 aliphatic heterocycles. The third-order valence-electron chi connectivity index (χ3n) is 2.46. The van der Waals surface area contributed by atoms with E-state index in [0.717, 1.165) is 5.56 Å². The number of rotatable bonds is 2. The number of hydrogen-bond donors (Lipinski definition) is 0. The number of methoxy groups -OCH3 is 2. The molecule has 4 heteroatoms. The van der Waals surface area contributed by atoms with E-state index in [2.05, 4.69) is 0 Å². The Kier molecular flexibility index (Phi) is 2.60. The molecule has 0 radical (unpaired) electrons. The number of para-hydroxylation sites is 1. The minimum absolute atomic E-state index is 0.341. The molecule has 1 aromatic carbocycles. The Morgan fingerprint density at radius 1 is 1.33 bits per heavy atom. The lowest BCUT2D eigenvalue weighted by Crippen LogP contribution is -2.27. The number of esters is 1. The van der Waals surface area contributed by atoms with E-state index < -0.39 is 12.2 Å². The molecule has 1 aromatic rings. The van der Waals surface area contributed by atoms with Gasteiger partial charge in [0.15, 0.2) is 0 Å². The van der Waals surface area contributed by atoms with Crippen molar-refractivity contribution in [2.45, 2.75) is 12.2 Å². The van der Waals surface area contributed by atoms with Crippen LogP contribution in [-0.2, 0) is 14.3 Å². The second-order valence-electron chi connectivity index (χ2n) is 3.26. The van der Waals surface area contributed by atoms with Crippen molar-refractivity contribution in [1.29, 1.82) is 0 Å². The van der Waals surface area contributed by atoms with Crippen LogP contribution in [0.3, 0.4) is 0 Å². The molecule has 1 heterocycles. The van der Waals surface area contributed by atoms with E-state index in [1.54, 1.807) is 0 Å². The standard InChI is InChI=1S/C11H12O4/c1-13-10(12)9-7-5-3-4-6-8(7)15-11(9)14-2/h3-6,9,11H,1-2H3/t9-,11+/m0/s1. The summed E-state index contributed by atoms with van der Waals surface area (Å²) in [5.41, 5.74) is 0.816.